The first-order chi connectivity index (χ1) is 14.4. The Morgan fingerprint density at radius 1 is 1.00 bits per heavy atom. The molecular weight excluding hydrogens is 391 g/mol. The first-order valence-electron chi connectivity index (χ1n) is 11.6. The number of ketones is 1. The van der Waals surface area contributed by atoms with Crippen molar-refractivity contribution >= 4 is 24.4 Å². The van der Waals surface area contributed by atoms with E-state index in [-0.39, 0.29) is 11.7 Å². The van der Waals surface area contributed by atoms with Crippen LogP contribution in [0.3, 0.4) is 0 Å². The van der Waals surface area contributed by atoms with Crippen LogP contribution in [0.25, 0.3) is 0 Å². The molecular formula is C25H41N2O2P. The molecule has 168 valence electrons. The molecule has 0 saturated heterocycles. The minimum Gasteiger partial charge on any atom is -0.342 e. The van der Waals surface area contributed by atoms with Gasteiger partial charge in [-0.25, -0.2) is 0 Å². The molecule has 0 fully saturated rings. The highest BCUT2D eigenvalue weighted by Gasteiger charge is 2.21. The summed E-state index contributed by atoms with van der Waals surface area (Å²) in [4.78, 5) is 25.0. The fourth-order valence-corrected chi connectivity index (χ4v) is 7.80. The minimum absolute atomic E-state index is 0.101. The molecule has 0 aliphatic rings. The van der Waals surface area contributed by atoms with Gasteiger partial charge in [0.25, 0.3) is 5.91 Å². The minimum atomic E-state index is -1.53. The molecule has 0 aromatic heterocycles. The standard InChI is InChI=1S/C25H41N2O2P/c1-6-10-18-30(19-11-7-2,20-12-8-3)27-23-17-14-13-16-22(23)25(29)26-21(5)24(28)15-9-4/h9,13-17,21H,6-8,10-12,18-20H2,1-5H3,(H,26,29)/b15-9+. The molecule has 1 N–H and O–H groups in total. The molecule has 30 heavy (non-hydrogen) atoms. The van der Waals surface area contributed by atoms with E-state index < -0.39 is 13.1 Å². The number of carbonyl (C=O) groups excluding carboxylic acids is 2. The molecule has 0 aliphatic carbocycles. The van der Waals surface area contributed by atoms with Crippen LogP contribution in [-0.2, 0) is 4.79 Å². The summed E-state index contributed by atoms with van der Waals surface area (Å²) in [6, 6.07) is 7.07. The summed E-state index contributed by atoms with van der Waals surface area (Å²) < 4.78 is 5.36. The average molecular weight is 433 g/mol. The average Bonchev–Trinajstić information content (AvgIpc) is 2.75. The van der Waals surface area contributed by atoms with E-state index in [9.17, 15) is 9.59 Å². The lowest BCUT2D eigenvalue weighted by atomic mass is 10.1. The molecule has 1 aromatic rings. The fourth-order valence-electron chi connectivity index (χ4n) is 3.48. The third-order valence-corrected chi connectivity index (χ3v) is 9.44. The zero-order chi connectivity index (χ0) is 22.4. The number of hydrogen-bond acceptors (Lipinski definition) is 3. The van der Waals surface area contributed by atoms with Crippen molar-refractivity contribution in [1.82, 2.24) is 5.32 Å². The van der Waals surface area contributed by atoms with Crippen LogP contribution in [-0.4, -0.2) is 36.2 Å². The van der Waals surface area contributed by atoms with E-state index in [1.807, 2.05) is 24.3 Å². The Kier molecular flexibility index (Phi) is 12.6. The molecule has 1 amide bonds. The van der Waals surface area contributed by atoms with Gasteiger partial charge in [-0.05, 0) is 76.9 Å². The molecule has 0 spiro atoms. The number of benzene rings is 1. The van der Waals surface area contributed by atoms with Gasteiger partial charge in [0.2, 0.25) is 0 Å². The van der Waals surface area contributed by atoms with Gasteiger partial charge >= 0.3 is 0 Å². The third kappa shape index (κ3) is 8.60. The normalized spacial score (nSPS) is 12.7. The zero-order valence-corrected chi connectivity index (χ0v) is 20.5. The fraction of sp³-hybridized carbons (Fsp3) is 0.600. The van der Waals surface area contributed by atoms with E-state index in [4.69, 9.17) is 4.74 Å². The maximum Gasteiger partial charge on any atom is 0.254 e. The van der Waals surface area contributed by atoms with Gasteiger partial charge in [0, 0.05) is 0 Å². The summed E-state index contributed by atoms with van der Waals surface area (Å²) >= 11 is 0. The maximum absolute atomic E-state index is 13.0. The molecule has 1 aromatic carbocycles. The first-order valence-corrected chi connectivity index (χ1v) is 13.9. The predicted molar refractivity (Wildman–Crippen MR) is 132 cm³/mol. The second kappa shape index (κ2) is 14.4. The van der Waals surface area contributed by atoms with Crippen molar-refractivity contribution in [3.63, 3.8) is 0 Å². The third-order valence-electron chi connectivity index (χ3n) is 5.36. The summed E-state index contributed by atoms with van der Waals surface area (Å²) in [5.41, 5.74) is 1.36. The van der Waals surface area contributed by atoms with Gasteiger partial charge in [-0.3, -0.25) is 14.3 Å². The lowest BCUT2D eigenvalue weighted by Crippen LogP contribution is -2.37. The number of unbranched alkanes of at least 4 members (excludes halogenated alkanes) is 3. The van der Waals surface area contributed by atoms with Gasteiger partial charge in [0.15, 0.2) is 5.78 Å². The van der Waals surface area contributed by atoms with Crippen molar-refractivity contribution < 1.29 is 9.59 Å². The van der Waals surface area contributed by atoms with Crippen molar-refractivity contribution in [2.75, 3.05) is 18.5 Å². The molecule has 5 heteroatoms. The van der Waals surface area contributed by atoms with Gasteiger partial charge in [-0.15, -0.1) is 0 Å². The monoisotopic (exact) mass is 432 g/mol. The Bertz CT molecular complexity index is 727. The van der Waals surface area contributed by atoms with Crippen molar-refractivity contribution in [3.8, 4) is 0 Å². The molecule has 1 unspecified atom stereocenters. The Hall–Kier alpha value is -1.67. The van der Waals surface area contributed by atoms with Crippen molar-refractivity contribution in [3.05, 3.63) is 42.0 Å². The zero-order valence-electron chi connectivity index (χ0n) is 19.6. The summed E-state index contributed by atoms with van der Waals surface area (Å²) in [5.74, 6) is -0.324. The van der Waals surface area contributed by atoms with Crippen LogP contribution in [0.2, 0.25) is 0 Å². The van der Waals surface area contributed by atoms with E-state index in [1.165, 1.54) is 44.6 Å². The Morgan fingerprint density at radius 3 is 2.03 bits per heavy atom. The smallest absolute Gasteiger partial charge is 0.254 e. The molecule has 1 rings (SSSR count). The molecule has 0 heterocycles. The largest absolute Gasteiger partial charge is 0.342 e. The Labute approximate surface area is 184 Å². The summed E-state index contributed by atoms with van der Waals surface area (Å²) in [5, 5.41) is 2.85. The lowest BCUT2D eigenvalue weighted by Gasteiger charge is -2.25. The van der Waals surface area contributed by atoms with E-state index in [2.05, 4.69) is 26.1 Å². The quantitative estimate of drug-likeness (QED) is 0.250. The number of nitrogens with zero attached hydrogens (tertiary/aromatic N) is 1. The van der Waals surface area contributed by atoms with Crippen molar-refractivity contribution in [2.24, 2.45) is 4.74 Å². The van der Waals surface area contributed by atoms with Crippen LogP contribution < -0.4 is 5.32 Å². The van der Waals surface area contributed by atoms with Crippen LogP contribution in [0.4, 0.5) is 5.69 Å². The molecule has 0 aliphatic heterocycles. The van der Waals surface area contributed by atoms with Crippen LogP contribution in [0, 0.1) is 0 Å². The van der Waals surface area contributed by atoms with Crippen LogP contribution in [0.5, 0.6) is 0 Å². The van der Waals surface area contributed by atoms with E-state index in [1.54, 1.807) is 19.9 Å². The predicted octanol–water partition coefficient (Wildman–Crippen LogP) is 7.18. The van der Waals surface area contributed by atoms with Gasteiger partial charge < -0.3 is 5.32 Å². The number of hydrogen-bond donors (Lipinski definition) is 1. The van der Waals surface area contributed by atoms with Crippen LogP contribution >= 0.6 is 7.05 Å². The molecule has 4 nitrogen and oxygen atoms in total. The first kappa shape index (κ1) is 26.4. The number of carbonyl (C=O) groups is 2. The highest BCUT2D eigenvalue weighted by molar-refractivity contribution is 7.66. The van der Waals surface area contributed by atoms with E-state index in [0.717, 1.165) is 24.2 Å². The van der Waals surface area contributed by atoms with Crippen molar-refractivity contribution in [1.29, 1.82) is 0 Å². The van der Waals surface area contributed by atoms with Gasteiger partial charge in [0.1, 0.15) is 0 Å². The second-order valence-corrected chi connectivity index (χ2v) is 11.8. The summed E-state index contributed by atoms with van der Waals surface area (Å²) in [6.45, 7) is 10.2. The number of rotatable bonds is 14. The highest BCUT2D eigenvalue weighted by atomic mass is 31.2. The van der Waals surface area contributed by atoms with Crippen LogP contribution in [0.15, 0.2) is 41.2 Å². The Morgan fingerprint density at radius 2 is 1.53 bits per heavy atom. The maximum atomic E-state index is 13.0. The molecule has 0 saturated carbocycles. The molecule has 0 radical (unpaired) electrons. The second-order valence-electron chi connectivity index (χ2n) is 8.04. The molecule has 1 atom stereocenters. The van der Waals surface area contributed by atoms with E-state index >= 15 is 0 Å². The van der Waals surface area contributed by atoms with Gasteiger partial charge in [0.05, 0.1) is 17.3 Å². The number of nitrogens with one attached hydrogen (secondary N) is 1. The number of allylic oxidation sites excluding steroid dienone is 1. The summed E-state index contributed by atoms with van der Waals surface area (Å²) in [7, 11) is -1.53. The Balaban J connectivity index is 3.32. The summed E-state index contributed by atoms with van der Waals surface area (Å²) in [6.07, 6.45) is 13.8. The SMILES string of the molecule is C/C=C/C(=O)C(C)NC(=O)c1ccccc1N=P(CCCC)(CCCC)CCCC. The number of amides is 1. The topological polar surface area (TPSA) is 58.5 Å². The van der Waals surface area contributed by atoms with Crippen LogP contribution in [0.1, 0.15) is 83.5 Å². The van der Waals surface area contributed by atoms with E-state index in [0.29, 0.717) is 5.56 Å². The highest BCUT2D eigenvalue weighted by Crippen LogP contribution is 2.54. The molecule has 0 bridgehead atoms. The lowest BCUT2D eigenvalue weighted by molar-refractivity contribution is -0.116. The van der Waals surface area contributed by atoms with Gasteiger partial charge in [-0.2, -0.15) is 0 Å². The van der Waals surface area contributed by atoms with Crippen molar-refractivity contribution in [2.45, 2.75) is 79.2 Å². The van der Waals surface area contributed by atoms with Gasteiger partial charge in [-0.1, -0.05) is 58.2 Å².